The molecule has 3 heteroatoms. The zero-order valence-electron chi connectivity index (χ0n) is 12.5. The summed E-state index contributed by atoms with van der Waals surface area (Å²) < 4.78 is 5.43. The number of hydrogen-bond donors (Lipinski definition) is 2. The second-order valence-corrected chi connectivity index (χ2v) is 5.57. The molecule has 0 radical (unpaired) electrons. The van der Waals surface area contributed by atoms with Crippen molar-refractivity contribution in [3.8, 4) is 0 Å². The van der Waals surface area contributed by atoms with Crippen molar-refractivity contribution in [2.75, 3.05) is 19.8 Å². The van der Waals surface area contributed by atoms with Gasteiger partial charge in [-0.15, -0.1) is 0 Å². The Morgan fingerprint density at radius 3 is 2.47 bits per heavy atom. The lowest BCUT2D eigenvalue weighted by Gasteiger charge is -2.19. The Labute approximate surface area is 117 Å². The molecule has 1 aromatic rings. The molecule has 2 atom stereocenters. The molecule has 0 bridgehead atoms. The van der Waals surface area contributed by atoms with Gasteiger partial charge in [-0.05, 0) is 30.9 Å². The molecule has 1 aromatic carbocycles. The van der Waals surface area contributed by atoms with Crippen LogP contribution in [0.4, 0.5) is 0 Å². The zero-order valence-corrected chi connectivity index (χ0v) is 12.5. The fourth-order valence-electron chi connectivity index (χ4n) is 1.99. The third-order valence-corrected chi connectivity index (χ3v) is 3.08. The highest BCUT2D eigenvalue weighted by atomic mass is 16.5. The number of aryl methyl sites for hydroxylation is 1. The zero-order chi connectivity index (χ0) is 14.3. The first-order valence-electron chi connectivity index (χ1n) is 7.05. The average molecular weight is 265 g/mol. The van der Waals surface area contributed by atoms with E-state index in [1.807, 2.05) is 12.1 Å². The monoisotopic (exact) mass is 265 g/mol. The smallest absolute Gasteiger partial charge is 0.0897 e. The summed E-state index contributed by atoms with van der Waals surface area (Å²) in [5.74, 6) is 0.506. The Balaban J connectivity index is 2.30. The van der Waals surface area contributed by atoms with Gasteiger partial charge in [0.1, 0.15) is 0 Å². The molecule has 3 nitrogen and oxygen atoms in total. The summed E-state index contributed by atoms with van der Waals surface area (Å²) in [7, 11) is 0. The highest BCUT2D eigenvalue weighted by Crippen LogP contribution is 2.16. The second kappa shape index (κ2) is 8.31. The topological polar surface area (TPSA) is 41.5 Å². The van der Waals surface area contributed by atoms with E-state index in [1.54, 1.807) is 0 Å². The number of aliphatic hydroxyl groups excluding tert-OH is 1. The average Bonchev–Trinajstić information content (AvgIpc) is 2.36. The van der Waals surface area contributed by atoms with Crippen molar-refractivity contribution in [2.45, 2.75) is 39.8 Å². The molecule has 1 rings (SSSR count). The maximum absolute atomic E-state index is 9.84. The normalized spacial score (nSPS) is 14.6. The summed E-state index contributed by atoms with van der Waals surface area (Å²) in [6.07, 6.45) is -0.454. The molecule has 0 amide bonds. The summed E-state index contributed by atoms with van der Waals surface area (Å²) in [6, 6.07) is 8.55. The SMILES string of the molecule is Cc1ccccc1[C@@H](C)NCC(O)COCC(C)C. The maximum atomic E-state index is 9.84. The van der Waals surface area contributed by atoms with Crippen LogP contribution in [-0.4, -0.2) is 31.0 Å². The van der Waals surface area contributed by atoms with E-state index in [9.17, 15) is 5.11 Å². The Morgan fingerprint density at radius 1 is 1.16 bits per heavy atom. The molecule has 0 spiro atoms. The molecule has 0 saturated carbocycles. The molecule has 1 unspecified atom stereocenters. The molecule has 0 saturated heterocycles. The van der Waals surface area contributed by atoms with Crippen molar-refractivity contribution in [1.29, 1.82) is 0 Å². The van der Waals surface area contributed by atoms with E-state index in [-0.39, 0.29) is 6.04 Å². The lowest BCUT2D eigenvalue weighted by atomic mass is 10.0. The van der Waals surface area contributed by atoms with Crippen molar-refractivity contribution in [3.63, 3.8) is 0 Å². The van der Waals surface area contributed by atoms with Crippen molar-refractivity contribution in [3.05, 3.63) is 35.4 Å². The molecule has 0 aromatic heterocycles. The van der Waals surface area contributed by atoms with Gasteiger partial charge in [0.05, 0.1) is 12.7 Å². The molecule has 0 aliphatic heterocycles. The first-order valence-corrected chi connectivity index (χ1v) is 7.05. The third-order valence-electron chi connectivity index (χ3n) is 3.08. The predicted molar refractivity (Wildman–Crippen MR) is 79.3 cm³/mol. The van der Waals surface area contributed by atoms with Gasteiger partial charge in [-0.3, -0.25) is 0 Å². The van der Waals surface area contributed by atoms with E-state index in [0.29, 0.717) is 25.7 Å². The van der Waals surface area contributed by atoms with E-state index in [1.165, 1.54) is 11.1 Å². The molecule has 0 aliphatic carbocycles. The summed E-state index contributed by atoms with van der Waals surface area (Å²) in [5.41, 5.74) is 2.55. The Bertz CT molecular complexity index is 366. The van der Waals surface area contributed by atoms with Crippen LogP contribution in [0.5, 0.6) is 0 Å². The van der Waals surface area contributed by atoms with Crippen LogP contribution in [-0.2, 0) is 4.74 Å². The first kappa shape index (κ1) is 16.2. The van der Waals surface area contributed by atoms with Crippen LogP contribution in [0.3, 0.4) is 0 Å². The van der Waals surface area contributed by atoms with Gasteiger partial charge in [0.2, 0.25) is 0 Å². The van der Waals surface area contributed by atoms with E-state index in [4.69, 9.17) is 4.74 Å². The first-order chi connectivity index (χ1) is 9.00. The highest BCUT2D eigenvalue weighted by Gasteiger charge is 2.10. The number of rotatable bonds is 8. The summed E-state index contributed by atoms with van der Waals surface area (Å²) in [4.78, 5) is 0. The number of benzene rings is 1. The Morgan fingerprint density at radius 2 is 1.84 bits per heavy atom. The van der Waals surface area contributed by atoms with Gasteiger partial charge in [-0.25, -0.2) is 0 Å². The van der Waals surface area contributed by atoms with Crippen LogP contribution in [0.1, 0.15) is 37.9 Å². The van der Waals surface area contributed by atoms with Gasteiger partial charge >= 0.3 is 0 Å². The second-order valence-electron chi connectivity index (χ2n) is 5.57. The summed E-state index contributed by atoms with van der Waals surface area (Å²) >= 11 is 0. The minimum atomic E-state index is -0.454. The van der Waals surface area contributed by atoms with Crippen LogP contribution in [0.25, 0.3) is 0 Å². The third kappa shape index (κ3) is 6.19. The fraction of sp³-hybridized carbons (Fsp3) is 0.625. The van der Waals surface area contributed by atoms with Gasteiger partial charge in [-0.2, -0.15) is 0 Å². The minimum absolute atomic E-state index is 0.237. The van der Waals surface area contributed by atoms with Gasteiger partial charge in [0.15, 0.2) is 0 Å². The van der Waals surface area contributed by atoms with Gasteiger partial charge < -0.3 is 15.2 Å². The number of nitrogens with one attached hydrogen (secondary N) is 1. The fourth-order valence-corrected chi connectivity index (χ4v) is 1.99. The molecule has 0 fully saturated rings. The molecular weight excluding hydrogens is 238 g/mol. The van der Waals surface area contributed by atoms with E-state index >= 15 is 0 Å². The van der Waals surface area contributed by atoms with Crippen LogP contribution < -0.4 is 5.32 Å². The molecule has 108 valence electrons. The van der Waals surface area contributed by atoms with Gasteiger partial charge in [-0.1, -0.05) is 38.1 Å². The lowest BCUT2D eigenvalue weighted by molar-refractivity contribution is 0.0252. The molecule has 0 heterocycles. The van der Waals surface area contributed by atoms with Crippen molar-refractivity contribution >= 4 is 0 Å². The number of aliphatic hydroxyl groups is 1. The molecule has 19 heavy (non-hydrogen) atoms. The molecular formula is C16H27NO2. The largest absolute Gasteiger partial charge is 0.389 e. The highest BCUT2D eigenvalue weighted by molar-refractivity contribution is 5.28. The summed E-state index contributed by atoms with van der Waals surface area (Å²) in [5, 5.41) is 13.2. The lowest BCUT2D eigenvalue weighted by Crippen LogP contribution is -2.32. The maximum Gasteiger partial charge on any atom is 0.0897 e. The standard InChI is InChI=1S/C16H27NO2/c1-12(2)10-19-11-15(18)9-17-14(4)16-8-6-5-7-13(16)3/h5-8,12,14-15,17-18H,9-11H2,1-4H3/t14-,15?/m1/s1. The Hall–Kier alpha value is -0.900. The number of ether oxygens (including phenoxy) is 1. The van der Waals surface area contributed by atoms with Gasteiger partial charge in [0.25, 0.3) is 0 Å². The molecule has 2 N–H and O–H groups in total. The number of hydrogen-bond acceptors (Lipinski definition) is 3. The van der Waals surface area contributed by atoms with Crippen molar-refractivity contribution in [2.24, 2.45) is 5.92 Å². The van der Waals surface area contributed by atoms with E-state index < -0.39 is 6.10 Å². The van der Waals surface area contributed by atoms with Crippen LogP contribution in [0.15, 0.2) is 24.3 Å². The Kier molecular flexibility index (Phi) is 7.06. The van der Waals surface area contributed by atoms with Crippen molar-refractivity contribution in [1.82, 2.24) is 5.32 Å². The quantitative estimate of drug-likeness (QED) is 0.759. The predicted octanol–water partition coefficient (Wildman–Crippen LogP) is 2.68. The van der Waals surface area contributed by atoms with E-state index in [0.717, 1.165) is 0 Å². The summed E-state index contributed by atoms with van der Waals surface area (Å²) in [6.45, 7) is 10.1. The van der Waals surface area contributed by atoms with Crippen molar-refractivity contribution < 1.29 is 9.84 Å². The van der Waals surface area contributed by atoms with E-state index in [2.05, 4.69) is 45.1 Å². The minimum Gasteiger partial charge on any atom is -0.389 e. The van der Waals surface area contributed by atoms with Gasteiger partial charge in [0, 0.05) is 19.2 Å². The molecule has 0 aliphatic rings. The van der Waals surface area contributed by atoms with Crippen LogP contribution in [0, 0.1) is 12.8 Å². The van der Waals surface area contributed by atoms with Crippen LogP contribution in [0.2, 0.25) is 0 Å². The van der Waals surface area contributed by atoms with Crippen LogP contribution >= 0.6 is 0 Å².